The molecule has 4 heteroatoms. The van der Waals surface area contributed by atoms with Crippen molar-refractivity contribution in [3.05, 3.63) is 0 Å². The zero-order chi connectivity index (χ0) is 7.98. The second kappa shape index (κ2) is 4.77. The highest BCUT2D eigenvalue weighted by Gasteiger charge is 2.03. The van der Waals surface area contributed by atoms with Crippen LogP contribution >= 0.6 is 0 Å². The fourth-order valence-electron chi connectivity index (χ4n) is 0.443. The SMILES string of the molecule is C[C@H](CO)NC(=O)CC#N. The Morgan fingerprint density at radius 1 is 1.90 bits per heavy atom. The smallest absolute Gasteiger partial charge is 0.234 e. The van der Waals surface area contributed by atoms with Crippen LogP contribution in [0.3, 0.4) is 0 Å². The minimum Gasteiger partial charge on any atom is -0.394 e. The Morgan fingerprint density at radius 2 is 2.50 bits per heavy atom. The molecule has 0 bridgehead atoms. The van der Waals surface area contributed by atoms with Gasteiger partial charge in [-0.3, -0.25) is 4.79 Å². The van der Waals surface area contributed by atoms with Crippen LogP contribution < -0.4 is 5.32 Å². The van der Waals surface area contributed by atoms with Crippen LogP contribution in [0, 0.1) is 11.3 Å². The number of nitrogens with one attached hydrogen (secondary N) is 1. The Bertz CT molecular complexity index is 150. The molecule has 0 aliphatic carbocycles. The van der Waals surface area contributed by atoms with Crippen LogP contribution in [0.1, 0.15) is 13.3 Å². The summed E-state index contributed by atoms with van der Waals surface area (Å²) in [5.74, 6) is -0.343. The normalized spacial score (nSPS) is 11.7. The zero-order valence-corrected chi connectivity index (χ0v) is 5.79. The molecule has 10 heavy (non-hydrogen) atoms. The van der Waals surface area contributed by atoms with Gasteiger partial charge in [-0.25, -0.2) is 0 Å². The van der Waals surface area contributed by atoms with E-state index >= 15 is 0 Å². The van der Waals surface area contributed by atoms with Gasteiger partial charge in [0.25, 0.3) is 0 Å². The van der Waals surface area contributed by atoms with E-state index in [1.54, 1.807) is 13.0 Å². The van der Waals surface area contributed by atoms with Crippen LogP contribution in [0.2, 0.25) is 0 Å². The molecule has 4 nitrogen and oxygen atoms in total. The summed E-state index contributed by atoms with van der Waals surface area (Å²) in [6.45, 7) is 1.56. The predicted molar refractivity (Wildman–Crippen MR) is 34.9 cm³/mol. The molecule has 56 valence electrons. The third kappa shape index (κ3) is 3.87. The largest absolute Gasteiger partial charge is 0.394 e. The standard InChI is InChI=1S/C6H10N2O2/c1-5(4-9)8-6(10)2-3-7/h5,9H,2,4H2,1H3,(H,8,10)/t5-/m1/s1. The highest BCUT2D eigenvalue weighted by molar-refractivity contribution is 5.78. The number of aliphatic hydroxyl groups is 1. The molecule has 0 fully saturated rings. The van der Waals surface area contributed by atoms with Gasteiger partial charge in [0.1, 0.15) is 6.42 Å². The number of rotatable bonds is 3. The van der Waals surface area contributed by atoms with Gasteiger partial charge in [0.15, 0.2) is 0 Å². The van der Waals surface area contributed by atoms with Gasteiger partial charge in [0.2, 0.25) is 5.91 Å². The Hall–Kier alpha value is -1.08. The summed E-state index contributed by atoms with van der Waals surface area (Å²) >= 11 is 0. The van der Waals surface area contributed by atoms with Crippen LogP contribution in [-0.4, -0.2) is 23.7 Å². The van der Waals surface area contributed by atoms with Gasteiger partial charge in [-0.1, -0.05) is 0 Å². The molecule has 1 amide bonds. The van der Waals surface area contributed by atoms with Gasteiger partial charge in [0, 0.05) is 6.04 Å². The van der Waals surface area contributed by atoms with Gasteiger partial charge in [-0.15, -0.1) is 0 Å². The summed E-state index contributed by atoms with van der Waals surface area (Å²) in [4.78, 5) is 10.6. The van der Waals surface area contributed by atoms with Crippen molar-refractivity contribution in [2.45, 2.75) is 19.4 Å². The van der Waals surface area contributed by atoms with Crippen LogP contribution in [0.15, 0.2) is 0 Å². The van der Waals surface area contributed by atoms with E-state index in [1.165, 1.54) is 0 Å². The number of nitriles is 1. The average molecular weight is 142 g/mol. The maximum atomic E-state index is 10.6. The molecule has 0 spiro atoms. The molecule has 0 saturated heterocycles. The van der Waals surface area contributed by atoms with Crippen molar-refractivity contribution >= 4 is 5.91 Å². The lowest BCUT2D eigenvalue weighted by atomic mass is 10.3. The third-order valence-electron chi connectivity index (χ3n) is 0.921. The molecule has 0 heterocycles. The minimum absolute atomic E-state index is 0.100. The van der Waals surface area contributed by atoms with Crippen LogP contribution in [-0.2, 0) is 4.79 Å². The van der Waals surface area contributed by atoms with E-state index in [2.05, 4.69) is 5.32 Å². The summed E-state index contributed by atoms with van der Waals surface area (Å²) in [6.07, 6.45) is -0.148. The number of hydrogen-bond donors (Lipinski definition) is 2. The van der Waals surface area contributed by atoms with Crippen molar-refractivity contribution in [2.75, 3.05) is 6.61 Å². The summed E-state index contributed by atoms with van der Waals surface area (Å²) in [5, 5.41) is 18.9. The summed E-state index contributed by atoms with van der Waals surface area (Å²) in [5.41, 5.74) is 0. The van der Waals surface area contributed by atoms with E-state index in [-0.39, 0.29) is 25.0 Å². The molecular weight excluding hydrogens is 132 g/mol. The zero-order valence-electron chi connectivity index (χ0n) is 5.79. The number of aliphatic hydroxyl groups excluding tert-OH is 1. The first-order chi connectivity index (χ1) is 4.70. The van der Waals surface area contributed by atoms with Crippen molar-refractivity contribution in [3.8, 4) is 6.07 Å². The predicted octanol–water partition coefficient (Wildman–Crippen LogP) is -0.603. The number of carbonyl (C=O) groups excluding carboxylic acids is 1. The van der Waals surface area contributed by atoms with E-state index in [0.717, 1.165) is 0 Å². The van der Waals surface area contributed by atoms with Gasteiger partial charge < -0.3 is 10.4 Å². The highest BCUT2D eigenvalue weighted by atomic mass is 16.3. The molecule has 0 saturated carbocycles. The lowest BCUT2D eigenvalue weighted by molar-refractivity contribution is -0.121. The minimum atomic E-state index is -0.343. The second-order valence-electron chi connectivity index (χ2n) is 1.99. The molecule has 0 unspecified atom stereocenters. The maximum Gasteiger partial charge on any atom is 0.234 e. The molecule has 0 radical (unpaired) electrons. The topological polar surface area (TPSA) is 73.1 Å². The fraction of sp³-hybridized carbons (Fsp3) is 0.667. The molecule has 0 aliphatic heterocycles. The average Bonchev–Trinajstić information content (AvgIpc) is 1.88. The van der Waals surface area contributed by atoms with Crippen molar-refractivity contribution in [2.24, 2.45) is 0 Å². The molecule has 0 aromatic carbocycles. The molecule has 0 rings (SSSR count). The monoisotopic (exact) mass is 142 g/mol. The van der Waals surface area contributed by atoms with Crippen LogP contribution in [0.25, 0.3) is 0 Å². The Kier molecular flexibility index (Phi) is 4.25. The van der Waals surface area contributed by atoms with Crippen molar-refractivity contribution < 1.29 is 9.90 Å². The lowest BCUT2D eigenvalue weighted by Gasteiger charge is -2.07. The van der Waals surface area contributed by atoms with Gasteiger partial charge in [0.05, 0.1) is 12.7 Å². The molecule has 0 aliphatic rings. The Balaban J connectivity index is 3.49. The third-order valence-corrected chi connectivity index (χ3v) is 0.921. The quantitative estimate of drug-likeness (QED) is 0.552. The molecule has 2 N–H and O–H groups in total. The van der Waals surface area contributed by atoms with Crippen LogP contribution in [0.4, 0.5) is 0 Å². The molecule has 0 aromatic rings. The number of hydrogen-bond acceptors (Lipinski definition) is 3. The summed E-state index contributed by atoms with van der Waals surface area (Å²) < 4.78 is 0. The number of nitrogens with zero attached hydrogens (tertiary/aromatic N) is 1. The maximum absolute atomic E-state index is 10.6. The second-order valence-corrected chi connectivity index (χ2v) is 1.99. The van der Waals surface area contributed by atoms with Gasteiger partial charge in [-0.2, -0.15) is 5.26 Å². The van der Waals surface area contributed by atoms with Crippen molar-refractivity contribution in [1.29, 1.82) is 5.26 Å². The molecule has 0 aromatic heterocycles. The highest BCUT2D eigenvalue weighted by Crippen LogP contribution is 1.81. The first-order valence-corrected chi connectivity index (χ1v) is 2.98. The molecular formula is C6H10N2O2. The Labute approximate surface area is 59.5 Å². The van der Waals surface area contributed by atoms with Crippen molar-refractivity contribution in [1.82, 2.24) is 5.32 Å². The fourth-order valence-corrected chi connectivity index (χ4v) is 0.443. The van der Waals surface area contributed by atoms with E-state index in [9.17, 15) is 4.79 Å². The first-order valence-electron chi connectivity index (χ1n) is 2.98. The Morgan fingerprint density at radius 3 is 2.90 bits per heavy atom. The van der Waals surface area contributed by atoms with Gasteiger partial charge in [-0.05, 0) is 6.92 Å². The lowest BCUT2D eigenvalue weighted by Crippen LogP contribution is -2.34. The van der Waals surface area contributed by atoms with Crippen LogP contribution in [0.5, 0.6) is 0 Å². The molecule has 1 atom stereocenters. The van der Waals surface area contributed by atoms with E-state index in [0.29, 0.717) is 0 Å². The van der Waals surface area contributed by atoms with E-state index in [4.69, 9.17) is 10.4 Å². The number of amides is 1. The van der Waals surface area contributed by atoms with Crippen molar-refractivity contribution in [3.63, 3.8) is 0 Å². The van der Waals surface area contributed by atoms with E-state index in [1.807, 2.05) is 0 Å². The van der Waals surface area contributed by atoms with E-state index < -0.39 is 0 Å². The number of carbonyl (C=O) groups is 1. The summed E-state index contributed by atoms with van der Waals surface area (Å²) in [6, 6.07) is 1.44. The summed E-state index contributed by atoms with van der Waals surface area (Å²) in [7, 11) is 0. The van der Waals surface area contributed by atoms with Gasteiger partial charge >= 0.3 is 0 Å². The first kappa shape index (κ1) is 8.92.